The molecule has 2 unspecified atom stereocenters. The van der Waals surface area contributed by atoms with Crippen molar-refractivity contribution in [2.24, 2.45) is 0 Å². The maximum Gasteiger partial charge on any atom is 0.361 e. The molecule has 0 bridgehead atoms. The number of aromatic amines is 1. The predicted octanol–water partition coefficient (Wildman–Crippen LogP) is -0.230. The van der Waals surface area contributed by atoms with E-state index in [4.69, 9.17) is 19.0 Å². The van der Waals surface area contributed by atoms with Crippen molar-refractivity contribution in [2.45, 2.75) is 44.1 Å². The zero-order valence-electron chi connectivity index (χ0n) is 15.3. The quantitative estimate of drug-likeness (QED) is 0.742. The van der Waals surface area contributed by atoms with Crippen LogP contribution in [0.15, 0.2) is 46.1 Å². The number of aliphatic hydroxyl groups is 1. The van der Waals surface area contributed by atoms with Gasteiger partial charge in [-0.3, -0.25) is 9.78 Å². The number of aliphatic hydroxyl groups excluding tert-OH is 1. The van der Waals surface area contributed by atoms with Crippen LogP contribution in [-0.4, -0.2) is 52.5 Å². The van der Waals surface area contributed by atoms with Gasteiger partial charge < -0.3 is 24.2 Å². The number of aromatic nitrogens is 2. The third-order valence-corrected chi connectivity index (χ3v) is 4.94. The molecule has 2 aliphatic heterocycles. The Kier molecular flexibility index (Phi) is 5.31. The summed E-state index contributed by atoms with van der Waals surface area (Å²) < 4.78 is 18.3. The Morgan fingerprint density at radius 3 is 2.75 bits per heavy atom. The number of fused-ring (bicyclic) bond motifs is 1. The van der Waals surface area contributed by atoms with Gasteiger partial charge in [-0.25, -0.2) is 4.79 Å². The van der Waals surface area contributed by atoms with Gasteiger partial charge in [0.1, 0.15) is 18.3 Å². The Hall–Kier alpha value is -2.46. The van der Waals surface area contributed by atoms with Gasteiger partial charge in [-0.05, 0) is 6.42 Å². The minimum atomic E-state index is -1.04. The van der Waals surface area contributed by atoms with Crippen molar-refractivity contribution in [1.82, 2.24) is 9.71 Å². The molecule has 1 aromatic carbocycles. The first-order valence-corrected chi connectivity index (χ1v) is 9.20. The van der Waals surface area contributed by atoms with Crippen molar-refractivity contribution in [3.05, 3.63) is 68.5 Å². The summed E-state index contributed by atoms with van der Waals surface area (Å²) >= 11 is 0. The SMILES string of the molecule is CCc1cn(O[C@@H]2COC3COC(c4ccccc4)O[C@H]3[C@H]2O)c(=O)[nH]c1=O. The Balaban J connectivity index is 1.51. The average molecular weight is 390 g/mol. The zero-order valence-corrected chi connectivity index (χ0v) is 15.3. The molecule has 2 aliphatic rings. The molecule has 3 heterocycles. The molecule has 2 fully saturated rings. The van der Waals surface area contributed by atoms with E-state index in [0.29, 0.717) is 12.0 Å². The van der Waals surface area contributed by atoms with E-state index in [1.807, 2.05) is 30.3 Å². The summed E-state index contributed by atoms with van der Waals surface area (Å²) in [5.74, 6) is 0. The van der Waals surface area contributed by atoms with E-state index in [9.17, 15) is 14.7 Å². The molecule has 0 saturated carbocycles. The molecular weight excluding hydrogens is 368 g/mol. The fraction of sp³-hybridized carbons (Fsp3) is 0.474. The molecule has 4 rings (SSSR count). The predicted molar refractivity (Wildman–Crippen MR) is 96.8 cm³/mol. The van der Waals surface area contributed by atoms with E-state index in [-0.39, 0.29) is 13.2 Å². The lowest BCUT2D eigenvalue weighted by molar-refractivity contribution is -0.317. The molecule has 2 N–H and O–H groups in total. The molecule has 0 radical (unpaired) electrons. The number of nitrogens with one attached hydrogen (secondary N) is 1. The molecule has 2 aromatic rings. The summed E-state index contributed by atoms with van der Waals surface area (Å²) in [5, 5.41) is 10.8. The number of hydrogen-bond acceptors (Lipinski definition) is 7. The highest BCUT2D eigenvalue weighted by Crippen LogP contribution is 2.32. The first-order valence-electron chi connectivity index (χ1n) is 9.20. The monoisotopic (exact) mass is 390 g/mol. The second-order valence-electron chi connectivity index (χ2n) is 6.78. The molecular formula is C19H22N2O7. The molecule has 1 aromatic heterocycles. The van der Waals surface area contributed by atoms with Crippen LogP contribution in [0.2, 0.25) is 0 Å². The molecule has 150 valence electrons. The number of H-pyrrole nitrogens is 1. The highest BCUT2D eigenvalue weighted by Gasteiger charge is 2.46. The summed E-state index contributed by atoms with van der Waals surface area (Å²) in [7, 11) is 0. The standard InChI is InChI=1S/C19H22N2O7/c1-2-11-8-21(19(24)20-17(11)23)28-13-9-25-14-10-26-18(27-16(14)15(13)22)12-6-4-3-5-7-12/h3-8,13-16,18,22H,2,9-10H2,1H3,(H,20,23,24)/t13-,14?,15+,16-,18?/m1/s1. The van der Waals surface area contributed by atoms with Crippen molar-refractivity contribution in [3.63, 3.8) is 0 Å². The highest BCUT2D eigenvalue weighted by molar-refractivity contribution is 5.16. The molecule has 0 amide bonds. The number of benzene rings is 1. The number of rotatable bonds is 4. The van der Waals surface area contributed by atoms with Crippen LogP contribution in [0.1, 0.15) is 24.3 Å². The second-order valence-corrected chi connectivity index (χ2v) is 6.78. The van der Waals surface area contributed by atoms with Crippen molar-refractivity contribution in [2.75, 3.05) is 13.2 Å². The van der Waals surface area contributed by atoms with Crippen LogP contribution in [0.4, 0.5) is 0 Å². The van der Waals surface area contributed by atoms with Gasteiger partial charge in [-0.2, -0.15) is 0 Å². The van der Waals surface area contributed by atoms with E-state index < -0.39 is 42.0 Å². The van der Waals surface area contributed by atoms with Crippen LogP contribution < -0.4 is 16.1 Å². The fourth-order valence-electron chi connectivity index (χ4n) is 3.36. The van der Waals surface area contributed by atoms with Crippen molar-refractivity contribution in [1.29, 1.82) is 0 Å². The fourth-order valence-corrected chi connectivity index (χ4v) is 3.36. The lowest BCUT2D eigenvalue weighted by Gasteiger charge is -2.44. The number of ether oxygens (including phenoxy) is 3. The largest absolute Gasteiger partial charge is 0.401 e. The second kappa shape index (κ2) is 7.88. The Bertz CT molecular complexity index is 926. The van der Waals surface area contributed by atoms with Crippen molar-refractivity contribution >= 4 is 0 Å². The van der Waals surface area contributed by atoms with Gasteiger partial charge in [0.2, 0.25) is 0 Å². The van der Waals surface area contributed by atoms with Gasteiger partial charge in [-0.15, -0.1) is 4.73 Å². The van der Waals surface area contributed by atoms with E-state index in [2.05, 4.69) is 4.98 Å². The first-order chi connectivity index (χ1) is 13.6. The molecule has 0 spiro atoms. The van der Waals surface area contributed by atoms with Crippen LogP contribution in [0, 0.1) is 0 Å². The molecule has 9 nitrogen and oxygen atoms in total. The van der Waals surface area contributed by atoms with E-state index in [1.54, 1.807) is 6.92 Å². The Labute approximate surface area is 160 Å². The third kappa shape index (κ3) is 3.61. The van der Waals surface area contributed by atoms with Gasteiger partial charge in [0.15, 0.2) is 12.4 Å². The lowest BCUT2D eigenvalue weighted by atomic mass is 9.99. The number of hydrogen-bond donors (Lipinski definition) is 2. The highest BCUT2D eigenvalue weighted by atomic mass is 16.7. The maximum atomic E-state index is 12.0. The molecule has 0 aliphatic carbocycles. The topological polar surface area (TPSA) is 112 Å². The van der Waals surface area contributed by atoms with Gasteiger partial charge in [0.25, 0.3) is 5.56 Å². The van der Waals surface area contributed by atoms with Crippen LogP contribution >= 0.6 is 0 Å². The zero-order chi connectivity index (χ0) is 19.7. The smallest absolute Gasteiger partial charge is 0.361 e. The summed E-state index contributed by atoms with van der Waals surface area (Å²) in [6.45, 7) is 2.12. The Morgan fingerprint density at radius 1 is 1.21 bits per heavy atom. The molecule has 2 saturated heterocycles. The normalized spacial score (nSPS) is 29.9. The Morgan fingerprint density at radius 2 is 2.00 bits per heavy atom. The van der Waals surface area contributed by atoms with Crippen LogP contribution in [0.3, 0.4) is 0 Å². The van der Waals surface area contributed by atoms with E-state index in [1.165, 1.54) is 6.20 Å². The molecule has 9 heteroatoms. The van der Waals surface area contributed by atoms with Gasteiger partial charge in [0.05, 0.1) is 19.4 Å². The number of nitrogens with zero attached hydrogens (tertiary/aromatic N) is 1. The van der Waals surface area contributed by atoms with Gasteiger partial charge >= 0.3 is 5.69 Å². The average Bonchev–Trinajstić information content (AvgIpc) is 2.72. The third-order valence-electron chi connectivity index (χ3n) is 4.94. The van der Waals surface area contributed by atoms with Crippen molar-refractivity contribution in [3.8, 4) is 0 Å². The van der Waals surface area contributed by atoms with Gasteiger partial charge in [-0.1, -0.05) is 37.3 Å². The first kappa shape index (κ1) is 18.9. The van der Waals surface area contributed by atoms with Crippen LogP contribution in [0.25, 0.3) is 0 Å². The van der Waals surface area contributed by atoms with Crippen LogP contribution in [-0.2, 0) is 20.6 Å². The summed E-state index contributed by atoms with van der Waals surface area (Å²) in [4.78, 5) is 31.5. The van der Waals surface area contributed by atoms with E-state index in [0.717, 1.165) is 10.3 Å². The van der Waals surface area contributed by atoms with Crippen LogP contribution in [0.5, 0.6) is 0 Å². The summed E-state index contributed by atoms with van der Waals surface area (Å²) in [5.41, 5.74) is 0.0636. The number of aryl methyl sites for hydroxylation is 1. The minimum absolute atomic E-state index is 0.0537. The lowest BCUT2D eigenvalue weighted by Crippen LogP contribution is -2.61. The van der Waals surface area contributed by atoms with E-state index >= 15 is 0 Å². The molecule has 28 heavy (non-hydrogen) atoms. The minimum Gasteiger partial charge on any atom is -0.401 e. The summed E-state index contributed by atoms with van der Waals surface area (Å²) in [6.07, 6.45) is -1.86. The van der Waals surface area contributed by atoms with Crippen molar-refractivity contribution < 1.29 is 24.2 Å². The maximum absolute atomic E-state index is 12.0. The van der Waals surface area contributed by atoms with Gasteiger partial charge in [0, 0.05) is 11.1 Å². The molecule has 5 atom stereocenters. The summed E-state index contributed by atoms with van der Waals surface area (Å²) in [6, 6.07) is 9.40.